The standard InChI is InChI=1S/C25H36N2O/c1-3-5-6-7-8-9-20-10-12-21(13-11-20)24-18-19-25(27-26-24)22-14-16-23(17-15-22)28-4-2/h14-21H,3-13H2,1-2H3. The molecule has 28 heavy (non-hydrogen) atoms. The van der Waals surface area contributed by atoms with E-state index in [1.54, 1.807) is 0 Å². The Kier molecular flexibility index (Phi) is 8.32. The Hall–Kier alpha value is -1.90. The third kappa shape index (κ3) is 6.05. The van der Waals surface area contributed by atoms with Crippen molar-refractivity contribution in [2.75, 3.05) is 6.61 Å². The monoisotopic (exact) mass is 380 g/mol. The lowest BCUT2D eigenvalue weighted by Crippen LogP contribution is -2.14. The van der Waals surface area contributed by atoms with Crippen LogP contribution in [-0.4, -0.2) is 16.8 Å². The fourth-order valence-electron chi connectivity index (χ4n) is 4.39. The van der Waals surface area contributed by atoms with Gasteiger partial charge in [-0.2, -0.15) is 10.2 Å². The molecule has 0 saturated heterocycles. The van der Waals surface area contributed by atoms with E-state index in [-0.39, 0.29) is 0 Å². The smallest absolute Gasteiger partial charge is 0.119 e. The minimum atomic E-state index is 0.596. The van der Waals surface area contributed by atoms with Gasteiger partial charge in [0.05, 0.1) is 18.0 Å². The minimum absolute atomic E-state index is 0.596. The third-order valence-corrected chi connectivity index (χ3v) is 6.13. The highest BCUT2D eigenvalue weighted by Gasteiger charge is 2.23. The van der Waals surface area contributed by atoms with Gasteiger partial charge in [-0.25, -0.2) is 0 Å². The maximum absolute atomic E-state index is 5.51. The molecule has 0 amide bonds. The van der Waals surface area contributed by atoms with Gasteiger partial charge in [0.25, 0.3) is 0 Å². The molecule has 3 nitrogen and oxygen atoms in total. The molecular weight excluding hydrogens is 344 g/mol. The fourth-order valence-corrected chi connectivity index (χ4v) is 4.39. The molecule has 3 rings (SSSR count). The lowest BCUT2D eigenvalue weighted by molar-refractivity contribution is 0.298. The Bertz CT molecular complexity index is 673. The van der Waals surface area contributed by atoms with Gasteiger partial charge in [0.1, 0.15) is 5.75 Å². The molecule has 1 heterocycles. The molecule has 0 bridgehead atoms. The van der Waals surface area contributed by atoms with Crippen LogP contribution in [-0.2, 0) is 0 Å². The molecule has 0 spiro atoms. The number of unbranched alkanes of at least 4 members (excludes halogenated alkanes) is 4. The van der Waals surface area contributed by atoms with Gasteiger partial charge in [0.2, 0.25) is 0 Å². The lowest BCUT2D eigenvalue weighted by atomic mass is 9.78. The van der Waals surface area contributed by atoms with E-state index in [4.69, 9.17) is 4.74 Å². The Morgan fingerprint density at radius 3 is 2.21 bits per heavy atom. The van der Waals surface area contributed by atoms with E-state index in [9.17, 15) is 0 Å². The van der Waals surface area contributed by atoms with E-state index in [1.807, 2.05) is 19.1 Å². The molecule has 3 heteroatoms. The molecule has 1 aromatic heterocycles. The fraction of sp³-hybridized carbons (Fsp3) is 0.600. The van der Waals surface area contributed by atoms with Crippen molar-refractivity contribution in [2.24, 2.45) is 5.92 Å². The first-order valence-electron chi connectivity index (χ1n) is 11.4. The topological polar surface area (TPSA) is 35.0 Å². The highest BCUT2D eigenvalue weighted by molar-refractivity contribution is 5.59. The van der Waals surface area contributed by atoms with Gasteiger partial charge in [0.15, 0.2) is 0 Å². The van der Waals surface area contributed by atoms with Crippen molar-refractivity contribution in [3.8, 4) is 17.0 Å². The molecule has 1 aliphatic carbocycles. The molecule has 152 valence electrons. The van der Waals surface area contributed by atoms with Crippen LogP contribution in [0, 0.1) is 5.92 Å². The van der Waals surface area contributed by atoms with Crippen molar-refractivity contribution < 1.29 is 4.74 Å². The number of hydrogen-bond acceptors (Lipinski definition) is 3. The molecule has 0 unspecified atom stereocenters. The zero-order valence-electron chi connectivity index (χ0n) is 17.7. The van der Waals surface area contributed by atoms with Gasteiger partial charge >= 0.3 is 0 Å². The van der Waals surface area contributed by atoms with Gasteiger partial charge in [-0.15, -0.1) is 0 Å². The summed E-state index contributed by atoms with van der Waals surface area (Å²) in [5.41, 5.74) is 3.21. The number of ether oxygens (including phenoxy) is 1. The van der Waals surface area contributed by atoms with Crippen LogP contribution in [0.5, 0.6) is 5.75 Å². The van der Waals surface area contributed by atoms with E-state index in [0.29, 0.717) is 12.5 Å². The zero-order chi connectivity index (χ0) is 19.6. The predicted molar refractivity (Wildman–Crippen MR) is 117 cm³/mol. The third-order valence-electron chi connectivity index (χ3n) is 6.13. The van der Waals surface area contributed by atoms with Crippen LogP contribution >= 0.6 is 0 Å². The minimum Gasteiger partial charge on any atom is -0.494 e. The predicted octanol–water partition coefficient (Wildman–Crippen LogP) is 7.18. The van der Waals surface area contributed by atoms with Gasteiger partial charge < -0.3 is 4.74 Å². The average Bonchev–Trinajstić information content (AvgIpc) is 2.75. The lowest BCUT2D eigenvalue weighted by Gasteiger charge is -2.28. The number of rotatable bonds is 10. The van der Waals surface area contributed by atoms with E-state index in [0.717, 1.165) is 22.9 Å². The summed E-state index contributed by atoms with van der Waals surface area (Å²) in [6.07, 6.45) is 13.7. The maximum Gasteiger partial charge on any atom is 0.119 e. The first-order valence-corrected chi connectivity index (χ1v) is 11.4. The van der Waals surface area contributed by atoms with Crippen LogP contribution in [0.15, 0.2) is 36.4 Å². The highest BCUT2D eigenvalue weighted by Crippen LogP contribution is 2.37. The molecule has 1 fully saturated rings. The summed E-state index contributed by atoms with van der Waals surface area (Å²) in [5, 5.41) is 9.08. The normalized spacial score (nSPS) is 19.5. The van der Waals surface area contributed by atoms with E-state index >= 15 is 0 Å². The largest absolute Gasteiger partial charge is 0.494 e. The molecule has 0 aliphatic heterocycles. The van der Waals surface area contributed by atoms with E-state index < -0.39 is 0 Å². The number of hydrogen-bond donors (Lipinski definition) is 0. The van der Waals surface area contributed by atoms with Crippen molar-refractivity contribution in [1.29, 1.82) is 0 Å². The average molecular weight is 381 g/mol. The highest BCUT2D eigenvalue weighted by atomic mass is 16.5. The number of aromatic nitrogens is 2. The molecular formula is C25H36N2O. The van der Waals surface area contributed by atoms with Crippen molar-refractivity contribution in [3.63, 3.8) is 0 Å². The molecule has 1 saturated carbocycles. The molecule has 0 radical (unpaired) electrons. The summed E-state index contributed by atoms with van der Waals surface area (Å²) in [6, 6.07) is 12.4. The second-order valence-electron chi connectivity index (χ2n) is 8.22. The van der Waals surface area contributed by atoms with Crippen molar-refractivity contribution in [2.45, 2.75) is 84.0 Å². The molecule has 1 aromatic carbocycles. The number of benzene rings is 1. The summed E-state index contributed by atoms with van der Waals surface area (Å²) in [5.74, 6) is 2.44. The number of nitrogens with zero attached hydrogens (tertiary/aromatic N) is 2. The maximum atomic E-state index is 5.51. The van der Waals surface area contributed by atoms with Gasteiger partial charge in [0, 0.05) is 11.5 Å². The van der Waals surface area contributed by atoms with Gasteiger partial charge in [-0.1, -0.05) is 45.4 Å². The van der Waals surface area contributed by atoms with Crippen molar-refractivity contribution in [1.82, 2.24) is 10.2 Å². The van der Waals surface area contributed by atoms with Crippen LogP contribution in [0.4, 0.5) is 0 Å². The zero-order valence-corrected chi connectivity index (χ0v) is 17.7. The Labute approximate surface area is 170 Å². The van der Waals surface area contributed by atoms with Crippen molar-refractivity contribution in [3.05, 3.63) is 42.1 Å². The van der Waals surface area contributed by atoms with Crippen LogP contribution in [0.2, 0.25) is 0 Å². The summed E-state index contributed by atoms with van der Waals surface area (Å²) in [7, 11) is 0. The van der Waals surface area contributed by atoms with Crippen LogP contribution in [0.3, 0.4) is 0 Å². The summed E-state index contributed by atoms with van der Waals surface area (Å²) < 4.78 is 5.51. The molecule has 0 atom stereocenters. The SMILES string of the molecule is CCCCCCCC1CCC(c2ccc(-c3ccc(OCC)cc3)nn2)CC1. The second kappa shape index (κ2) is 11.2. The van der Waals surface area contributed by atoms with Crippen molar-refractivity contribution >= 4 is 0 Å². The molecule has 1 aliphatic rings. The van der Waals surface area contributed by atoms with E-state index in [2.05, 4.69) is 41.4 Å². The van der Waals surface area contributed by atoms with Gasteiger partial charge in [-0.3, -0.25) is 0 Å². The Balaban J connectivity index is 1.46. The first-order chi connectivity index (χ1) is 13.8. The summed E-state index contributed by atoms with van der Waals surface area (Å²) in [6.45, 7) is 4.98. The summed E-state index contributed by atoms with van der Waals surface area (Å²) >= 11 is 0. The Morgan fingerprint density at radius 2 is 1.57 bits per heavy atom. The van der Waals surface area contributed by atoms with Crippen LogP contribution in [0.1, 0.15) is 89.7 Å². The van der Waals surface area contributed by atoms with Gasteiger partial charge in [-0.05, 0) is 74.9 Å². The van der Waals surface area contributed by atoms with Crippen LogP contribution < -0.4 is 4.74 Å². The van der Waals surface area contributed by atoms with Crippen LogP contribution in [0.25, 0.3) is 11.3 Å². The Morgan fingerprint density at radius 1 is 0.821 bits per heavy atom. The quantitative estimate of drug-likeness (QED) is 0.410. The molecule has 2 aromatic rings. The molecule has 0 N–H and O–H groups in total. The first kappa shape index (κ1) is 20.8. The second-order valence-corrected chi connectivity index (χ2v) is 8.22. The van der Waals surface area contributed by atoms with E-state index in [1.165, 1.54) is 69.9 Å². The summed E-state index contributed by atoms with van der Waals surface area (Å²) in [4.78, 5) is 0.